The van der Waals surface area contributed by atoms with Gasteiger partial charge in [0.2, 0.25) is 0 Å². The van der Waals surface area contributed by atoms with Gasteiger partial charge in [0, 0.05) is 0 Å². The number of hydrazine groups is 1. The van der Waals surface area contributed by atoms with Gasteiger partial charge in [-0.25, -0.2) is 8.42 Å². The van der Waals surface area contributed by atoms with E-state index in [1.165, 1.54) is 12.1 Å². The van der Waals surface area contributed by atoms with Crippen molar-refractivity contribution in [2.24, 2.45) is 0 Å². The van der Waals surface area contributed by atoms with Crippen molar-refractivity contribution in [1.29, 1.82) is 0 Å². The van der Waals surface area contributed by atoms with Crippen molar-refractivity contribution >= 4 is 15.9 Å². The maximum absolute atomic E-state index is 12.3. The number of rotatable bonds is 8. The molecule has 8 heteroatoms. The lowest BCUT2D eigenvalue weighted by Crippen LogP contribution is -2.47. The van der Waals surface area contributed by atoms with E-state index >= 15 is 0 Å². The van der Waals surface area contributed by atoms with E-state index in [9.17, 15) is 13.2 Å². The standard InChI is InChI=1S/C19H24N2O5S/c1-5-25-16-9-11-17(12-10-16)27(23,24)21-20-19(22)15(4)26-18-8-6-7-13(2)14(18)3/h6-12,15,21H,5H2,1-4H3,(H,20,22)/t15-/m0/s1. The molecule has 0 aliphatic carbocycles. The second-order valence-corrected chi connectivity index (χ2v) is 7.64. The molecule has 0 aliphatic heterocycles. The molecule has 2 aromatic carbocycles. The van der Waals surface area contributed by atoms with Crippen LogP contribution in [-0.2, 0) is 14.8 Å². The minimum Gasteiger partial charge on any atom is -0.494 e. The van der Waals surface area contributed by atoms with Crippen molar-refractivity contribution in [1.82, 2.24) is 10.3 Å². The molecule has 0 aliphatic rings. The number of aryl methyl sites for hydroxylation is 1. The van der Waals surface area contributed by atoms with E-state index in [0.29, 0.717) is 18.1 Å². The molecule has 0 bridgehead atoms. The molecule has 0 fully saturated rings. The summed E-state index contributed by atoms with van der Waals surface area (Å²) in [5.41, 5.74) is 4.14. The first-order valence-corrected chi connectivity index (χ1v) is 10.0. The third kappa shape index (κ3) is 5.45. The van der Waals surface area contributed by atoms with Gasteiger partial charge in [-0.05, 0) is 69.2 Å². The van der Waals surface area contributed by atoms with E-state index < -0.39 is 22.0 Å². The molecular weight excluding hydrogens is 368 g/mol. The highest BCUT2D eigenvalue weighted by Crippen LogP contribution is 2.21. The number of nitrogens with one attached hydrogen (secondary N) is 2. The molecule has 1 atom stereocenters. The van der Waals surface area contributed by atoms with Crippen LogP contribution in [0.15, 0.2) is 47.4 Å². The molecule has 0 saturated heterocycles. The molecule has 0 saturated carbocycles. The number of ether oxygens (including phenoxy) is 2. The molecule has 7 nitrogen and oxygen atoms in total. The summed E-state index contributed by atoms with van der Waals surface area (Å²) in [5.74, 6) is 0.536. The summed E-state index contributed by atoms with van der Waals surface area (Å²) < 4.78 is 35.5. The summed E-state index contributed by atoms with van der Waals surface area (Å²) in [5, 5.41) is 0. The van der Waals surface area contributed by atoms with Gasteiger partial charge in [-0.3, -0.25) is 10.2 Å². The largest absolute Gasteiger partial charge is 0.494 e. The Bertz CT molecular complexity index is 895. The molecule has 146 valence electrons. The van der Waals surface area contributed by atoms with Gasteiger partial charge in [-0.1, -0.05) is 12.1 Å². The highest BCUT2D eigenvalue weighted by molar-refractivity contribution is 7.89. The minimum atomic E-state index is -3.90. The second kappa shape index (κ2) is 8.88. The smallest absolute Gasteiger partial charge is 0.275 e. The highest BCUT2D eigenvalue weighted by Gasteiger charge is 2.20. The number of sulfonamides is 1. The zero-order valence-corrected chi connectivity index (χ0v) is 16.6. The molecule has 2 rings (SSSR count). The number of amides is 1. The Morgan fingerprint density at radius 1 is 1.11 bits per heavy atom. The molecule has 0 unspecified atom stereocenters. The Labute approximate surface area is 159 Å². The quantitative estimate of drug-likeness (QED) is 0.673. The Hall–Kier alpha value is -2.58. The third-order valence-corrected chi connectivity index (χ3v) is 5.25. The fourth-order valence-electron chi connectivity index (χ4n) is 2.26. The average Bonchev–Trinajstić information content (AvgIpc) is 2.64. The zero-order valence-electron chi connectivity index (χ0n) is 15.8. The summed E-state index contributed by atoms with van der Waals surface area (Å²) in [6.07, 6.45) is -0.881. The van der Waals surface area contributed by atoms with Crippen molar-refractivity contribution in [3.05, 3.63) is 53.6 Å². The van der Waals surface area contributed by atoms with Crippen molar-refractivity contribution in [3.63, 3.8) is 0 Å². The van der Waals surface area contributed by atoms with Crippen LogP contribution in [0, 0.1) is 13.8 Å². The van der Waals surface area contributed by atoms with Gasteiger partial charge < -0.3 is 9.47 Å². The summed E-state index contributed by atoms with van der Waals surface area (Å²) in [4.78, 5) is 14.3. The van der Waals surface area contributed by atoms with Gasteiger partial charge in [0.05, 0.1) is 11.5 Å². The molecule has 0 aromatic heterocycles. The summed E-state index contributed by atoms with van der Waals surface area (Å²) >= 11 is 0. The third-order valence-electron chi connectivity index (χ3n) is 3.98. The molecule has 27 heavy (non-hydrogen) atoms. The van der Waals surface area contributed by atoms with Crippen LogP contribution in [0.4, 0.5) is 0 Å². The van der Waals surface area contributed by atoms with E-state index in [0.717, 1.165) is 11.1 Å². The van der Waals surface area contributed by atoms with Crippen LogP contribution < -0.4 is 19.7 Å². The molecule has 2 aromatic rings. The van der Waals surface area contributed by atoms with Crippen LogP contribution in [0.25, 0.3) is 0 Å². The molecular formula is C19H24N2O5S. The van der Waals surface area contributed by atoms with Crippen LogP contribution in [-0.4, -0.2) is 27.0 Å². The fraction of sp³-hybridized carbons (Fsp3) is 0.316. The number of hydrogen-bond acceptors (Lipinski definition) is 5. The number of carbonyl (C=O) groups excluding carboxylic acids is 1. The van der Waals surface area contributed by atoms with E-state index in [2.05, 4.69) is 10.3 Å². The van der Waals surface area contributed by atoms with Crippen LogP contribution in [0.5, 0.6) is 11.5 Å². The molecule has 2 N–H and O–H groups in total. The summed E-state index contributed by atoms with van der Waals surface area (Å²) in [6, 6.07) is 11.4. The minimum absolute atomic E-state index is 0.00866. The predicted octanol–water partition coefficient (Wildman–Crippen LogP) is 2.48. The summed E-state index contributed by atoms with van der Waals surface area (Å²) in [6.45, 7) is 7.70. The normalized spacial score (nSPS) is 12.3. The van der Waals surface area contributed by atoms with Crippen LogP contribution in [0.1, 0.15) is 25.0 Å². The first-order chi connectivity index (χ1) is 12.7. The van der Waals surface area contributed by atoms with Crippen LogP contribution >= 0.6 is 0 Å². The number of hydrogen-bond donors (Lipinski definition) is 2. The molecule has 0 heterocycles. The Kier molecular flexibility index (Phi) is 6.81. The van der Waals surface area contributed by atoms with E-state index in [-0.39, 0.29) is 4.90 Å². The Morgan fingerprint density at radius 3 is 2.41 bits per heavy atom. The maximum Gasteiger partial charge on any atom is 0.275 e. The first kappa shape index (κ1) is 20.7. The number of benzene rings is 2. The monoisotopic (exact) mass is 392 g/mol. The lowest BCUT2D eigenvalue weighted by Gasteiger charge is -2.17. The SMILES string of the molecule is CCOc1ccc(S(=O)(=O)NNC(=O)[C@H](C)Oc2cccc(C)c2C)cc1. The van der Waals surface area contributed by atoms with Gasteiger partial charge in [0.25, 0.3) is 15.9 Å². The molecule has 0 spiro atoms. The Balaban J connectivity index is 1.97. The highest BCUT2D eigenvalue weighted by atomic mass is 32.2. The van der Waals surface area contributed by atoms with E-state index in [4.69, 9.17) is 9.47 Å². The van der Waals surface area contributed by atoms with E-state index in [1.807, 2.05) is 32.9 Å². The van der Waals surface area contributed by atoms with Crippen molar-refractivity contribution in [3.8, 4) is 11.5 Å². The lowest BCUT2D eigenvalue weighted by atomic mass is 10.1. The lowest BCUT2D eigenvalue weighted by molar-refractivity contribution is -0.127. The van der Waals surface area contributed by atoms with Gasteiger partial charge in [0.1, 0.15) is 11.5 Å². The van der Waals surface area contributed by atoms with Crippen molar-refractivity contribution in [2.45, 2.75) is 38.7 Å². The Morgan fingerprint density at radius 2 is 1.78 bits per heavy atom. The predicted molar refractivity (Wildman–Crippen MR) is 102 cm³/mol. The fourth-order valence-corrected chi connectivity index (χ4v) is 3.10. The topological polar surface area (TPSA) is 93.7 Å². The van der Waals surface area contributed by atoms with Gasteiger partial charge in [-0.2, -0.15) is 0 Å². The van der Waals surface area contributed by atoms with Gasteiger partial charge in [0.15, 0.2) is 6.10 Å². The summed E-state index contributed by atoms with van der Waals surface area (Å²) in [7, 11) is -3.90. The maximum atomic E-state index is 12.3. The van der Waals surface area contributed by atoms with Crippen LogP contribution in [0.2, 0.25) is 0 Å². The van der Waals surface area contributed by atoms with Crippen molar-refractivity contribution < 1.29 is 22.7 Å². The number of carbonyl (C=O) groups is 1. The van der Waals surface area contributed by atoms with Crippen molar-refractivity contribution in [2.75, 3.05) is 6.61 Å². The molecule has 1 amide bonds. The second-order valence-electron chi connectivity index (χ2n) is 5.96. The average molecular weight is 392 g/mol. The van der Waals surface area contributed by atoms with E-state index in [1.54, 1.807) is 25.1 Å². The molecule has 0 radical (unpaired) electrons. The van der Waals surface area contributed by atoms with Gasteiger partial charge in [-0.15, -0.1) is 4.83 Å². The zero-order chi connectivity index (χ0) is 20.0. The van der Waals surface area contributed by atoms with Gasteiger partial charge >= 0.3 is 0 Å². The first-order valence-electron chi connectivity index (χ1n) is 8.52. The van der Waals surface area contributed by atoms with Crippen LogP contribution in [0.3, 0.4) is 0 Å².